The molecule has 0 atom stereocenters. The molecule has 0 unspecified atom stereocenters. The Kier molecular flexibility index (Phi) is 5.33. The van der Waals surface area contributed by atoms with Gasteiger partial charge in [0.05, 0.1) is 11.4 Å². The Balaban J connectivity index is 1.95. The lowest BCUT2D eigenvalue weighted by Gasteiger charge is -2.21. The number of anilines is 1. The first kappa shape index (κ1) is 17.8. The van der Waals surface area contributed by atoms with Crippen molar-refractivity contribution < 1.29 is 8.42 Å². The van der Waals surface area contributed by atoms with E-state index in [0.717, 1.165) is 5.56 Å². The summed E-state index contributed by atoms with van der Waals surface area (Å²) in [6, 6.07) is 15.5. The number of nitrogen functional groups attached to an aromatic ring is 1. The van der Waals surface area contributed by atoms with Crippen LogP contribution in [0, 0.1) is 0 Å². The van der Waals surface area contributed by atoms with E-state index in [0.29, 0.717) is 15.2 Å². The van der Waals surface area contributed by atoms with Crippen molar-refractivity contribution in [2.24, 2.45) is 0 Å². The zero-order chi connectivity index (χ0) is 17.9. The number of nitrogens with zero attached hydrogens (tertiary/aromatic N) is 3. The molecule has 0 saturated carbocycles. The second-order valence-corrected chi connectivity index (χ2v) is 8.71. The lowest BCUT2D eigenvalue weighted by molar-refractivity contribution is 0.399. The molecule has 3 aromatic rings. The predicted octanol–water partition coefficient (Wildman–Crippen LogP) is 3.16. The van der Waals surface area contributed by atoms with Crippen molar-refractivity contribution in [3.8, 4) is 0 Å². The summed E-state index contributed by atoms with van der Waals surface area (Å²) in [5.74, 6) is 0. The molecule has 1 heterocycles. The van der Waals surface area contributed by atoms with Gasteiger partial charge in [0, 0.05) is 11.6 Å². The van der Waals surface area contributed by atoms with E-state index >= 15 is 0 Å². The van der Waals surface area contributed by atoms with Crippen molar-refractivity contribution in [1.29, 1.82) is 0 Å². The molecule has 0 spiro atoms. The SMILES string of the molecule is Nc1nnc(CN(Cc2ccccc2)S(=O)(=O)c2ccc(Cl)cc2)s1. The van der Waals surface area contributed by atoms with E-state index < -0.39 is 10.0 Å². The van der Waals surface area contributed by atoms with Gasteiger partial charge in [-0.15, -0.1) is 10.2 Å². The van der Waals surface area contributed by atoms with Crippen LogP contribution in [-0.4, -0.2) is 22.9 Å². The summed E-state index contributed by atoms with van der Waals surface area (Å²) in [4.78, 5) is 0.172. The van der Waals surface area contributed by atoms with Crippen molar-refractivity contribution >= 4 is 38.1 Å². The summed E-state index contributed by atoms with van der Waals surface area (Å²) in [6.45, 7) is 0.306. The van der Waals surface area contributed by atoms with Crippen LogP contribution in [0.3, 0.4) is 0 Å². The minimum Gasteiger partial charge on any atom is -0.374 e. The summed E-state index contributed by atoms with van der Waals surface area (Å²) < 4.78 is 27.5. The number of sulfonamides is 1. The lowest BCUT2D eigenvalue weighted by Crippen LogP contribution is -2.30. The largest absolute Gasteiger partial charge is 0.374 e. The van der Waals surface area contributed by atoms with E-state index in [9.17, 15) is 8.42 Å². The summed E-state index contributed by atoms with van der Waals surface area (Å²) in [6.07, 6.45) is 0. The van der Waals surface area contributed by atoms with E-state index in [4.69, 9.17) is 17.3 Å². The molecule has 25 heavy (non-hydrogen) atoms. The van der Waals surface area contributed by atoms with Crippen LogP contribution in [0.4, 0.5) is 5.13 Å². The van der Waals surface area contributed by atoms with Crippen molar-refractivity contribution in [2.75, 3.05) is 5.73 Å². The lowest BCUT2D eigenvalue weighted by atomic mass is 10.2. The van der Waals surface area contributed by atoms with Crippen molar-refractivity contribution in [2.45, 2.75) is 18.0 Å². The van der Waals surface area contributed by atoms with Crippen LogP contribution in [0.1, 0.15) is 10.6 Å². The maximum Gasteiger partial charge on any atom is 0.243 e. The summed E-state index contributed by atoms with van der Waals surface area (Å²) in [7, 11) is -3.73. The fourth-order valence-electron chi connectivity index (χ4n) is 2.25. The normalized spacial score (nSPS) is 11.8. The minimum atomic E-state index is -3.73. The van der Waals surface area contributed by atoms with E-state index in [-0.39, 0.29) is 18.0 Å². The Morgan fingerprint density at radius 2 is 1.68 bits per heavy atom. The molecule has 3 rings (SSSR count). The summed E-state index contributed by atoms with van der Waals surface area (Å²) in [5.41, 5.74) is 6.48. The van der Waals surface area contributed by atoms with Crippen LogP contribution in [-0.2, 0) is 23.1 Å². The van der Waals surface area contributed by atoms with Gasteiger partial charge in [-0.2, -0.15) is 4.31 Å². The Hall–Kier alpha value is -2.00. The van der Waals surface area contributed by atoms with Gasteiger partial charge in [-0.25, -0.2) is 8.42 Å². The Morgan fingerprint density at radius 3 is 2.28 bits per heavy atom. The number of nitrogens with two attached hydrogens (primary N) is 1. The third-order valence-electron chi connectivity index (χ3n) is 3.45. The Morgan fingerprint density at radius 1 is 1.00 bits per heavy atom. The molecule has 1 aromatic heterocycles. The molecule has 0 radical (unpaired) electrons. The highest BCUT2D eigenvalue weighted by molar-refractivity contribution is 7.89. The fourth-order valence-corrected chi connectivity index (χ4v) is 4.47. The van der Waals surface area contributed by atoms with E-state index in [2.05, 4.69) is 10.2 Å². The molecule has 2 aromatic carbocycles. The predicted molar refractivity (Wildman–Crippen MR) is 98.6 cm³/mol. The van der Waals surface area contributed by atoms with E-state index in [1.165, 1.54) is 27.8 Å². The highest BCUT2D eigenvalue weighted by Crippen LogP contribution is 2.24. The minimum absolute atomic E-state index is 0.0920. The van der Waals surface area contributed by atoms with Crippen LogP contribution < -0.4 is 5.73 Å². The number of hydrogen-bond donors (Lipinski definition) is 1. The van der Waals surface area contributed by atoms with Crippen LogP contribution in [0.25, 0.3) is 0 Å². The average Bonchev–Trinajstić information content (AvgIpc) is 3.01. The standard InChI is InChI=1S/C16H15ClN4O2S2/c17-13-6-8-14(9-7-13)25(22,23)21(10-12-4-2-1-3-5-12)11-15-19-20-16(18)24-15/h1-9H,10-11H2,(H2,18,20). The van der Waals surface area contributed by atoms with Crippen molar-refractivity contribution in [3.63, 3.8) is 0 Å². The highest BCUT2D eigenvalue weighted by atomic mass is 35.5. The fraction of sp³-hybridized carbons (Fsp3) is 0.125. The van der Waals surface area contributed by atoms with Crippen molar-refractivity contribution in [3.05, 3.63) is 70.2 Å². The molecule has 0 saturated heterocycles. The highest BCUT2D eigenvalue weighted by Gasteiger charge is 2.26. The van der Waals surface area contributed by atoms with Gasteiger partial charge in [-0.1, -0.05) is 53.3 Å². The molecule has 0 aliphatic rings. The first-order valence-corrected chi connectivity index (χ1v) is 9.96. The first-order chi connectivity index (χ1) is 11.9. The van der Waals surface area contributed by atoms with Gasteiger partial charge >= 0.3 is 0 Å². The second-order valence-electron chi connectivity index (χ2n) is 5.25. The topological polar surface area (TPSA) is 89.2 Å². The van der Waals surface area contributed by atoms with Crippen LogP contribution in [0.15, 0.2) is 59.5 Å². The molecule has 9 heteroatoms. The first-order valence-electron chi connectivity index (χ1n) is 7.32. The Bertz CT molecular complexity index is 944. The third kappa shape index (κ3) is 4.35. The van der Waals surface area contributed by atoms with Crippen molar-refractivity contribution in [1.82, 2.24) is 14.5 Å². The van der Waals surface area contributed by atoms with Crippen LogP contribution in [0.5, 0.6) is 0 Å². The van der Waals surface area contributed by atoms with Gasteiger partial charge in [-0.3, -0.25) is 0 Å². The Labute approximate surface area is 154 Å². The van der Waals surface area contributed by atoms with E-state index in [1.54, 1.807) is 12.1 Å². The maximum absolute atomic E-state index is 13.1. The van der Waals surface area contributed by atoms with E-state index in [1.807, 2.05) is 30.3 Å². The number of benzene rings is 2. The maximum atomic E-state index is 13.1. The average molecular weight is 395 g/mol. The molecule has 2 N–H and O–H groups in total. The molecule has 0 aliphatic heterocycles. The second kappa shape index (κ2) is 7.49. The smallest absolute Gasteiger partial charge is 0.243 e. The zero-order valence-electron chi connectivity index (χ0n) is 13.0. The molecular weight excluding hydrogens is 380 g/mol. The monoisotopic (exact) mass is 394 g/mol. The van der Waals surface area contributed by atoms with Gasteiger partial charge in [0.15, 0.2) is 0 Å². The molecule has 130 valence electrons. The number of rotatable bonds is 6. The van der Waals surface area contributed by atoms with Gasteiger partial charge in [0.25, 0.3) is 0 Å². The molecule has 0 aliphatic carbocycles. The molecule has 0 amide bonds. The number of hydrogen-bond acceptors (Lipinski definition) is 6. The molecule has 6 nitrogen and oxygen atoms in total. The molecule has 0 bridgehead atoms. The zero-order valence-corrected chi connectivity index (χ0v) is 15.4. The van der Waals surface area contributed by atoms with Crippen LogP contribution in [0.2, 0.25) is 5.02 Å². The van der Waals surface area contributed by atoms with Gasteiger partial charge in [0.2, 0.25) is 15.2 Å². The van der Waals surface area contributed by atoms with Gasteiger partial charge in [-0.05, 0) is 29.8 Å². The number of aromatic nitrogens is 2. The summed E-state index contributed by atoms with van der Waals surface area (Å²) >= 11 is 7.03. The van der Waals surface area contributed by atoms with Gasteiger partial charge in [0.1, 0.15) is 5.01 Å². The van der Waals surface area contributed by atoms with Gasteiger partial charge < -0.3 is 5.73 Å². The molecular formula is C16H15ClN4O2S2. The third-order valence-corrected chi connectivity index (χ3v) is 6.24. The van der Waals surface area contributed by atoms with Crippen LogP contribution >= 0.6 is 22.9 Å². The summed E-state index contributed by atoms with van der Waals surface area (Å²) in [5, 5.41) is 9.00. The number of halogens is 1. The molecule has 0 fully saturated rings. The quantitative estimate of drug-likeness (QED) is 0.693.